The highest BCUT2D eigenvalue weighted by atomic mass is 16.3. The van der Waals surface area contributed by atoms with Crippen LogP contribution in [-0.4, -0.2) is 9.97 Å². The van der Waals surface area contributed by atoms with Crippen LogP contribution in [0.15, 0.2) is 82.5 Å². The predicted molar refractivity (Wildman–Crippen MR) is 82.9 cm³/mol. The average molecular weight is 288 g/mol. The Labute approximate surface area is 127 Å². The Bertz CT molecular complexity index is 771. The van der Waals surface area contributed by atoms with Crippen LogP contribution in [0, 0.1) is 0 Å². The van der Waals surface area contributed by atoms with Crippen molar-refractivity contribution < 1.29 is 8.83 Å². The molecule has 0 spiro atoms. The zero-order valence-corrected chi connectivity index (χ0v) is 11.6. The van der Waals surface area contributed by atoms with E-state index in [2.05, 4.69) is 34.2 Å². The fourth-order valence-corrected chi connectivity index (χ4v) is 2.37. The molecule has 0 N–H and O–H groups in total. The molecule has 0 amide bonds. The molecular weight excluding hydrogens is 276 g/mol. The Morgan fingerprint density at radius 3 is 1.18 bits per heavy atom. The first-order valence-electron chi connectivity index (χ1n) is 6.88. The average Bonchev–Trinajstić information content (AvgIpc) is 3.29. The molecule has 2 aromatic heterocycles. The van der Waals surface area contributed by atoms with Crippen LogP contribution in [-0.2, 0) is 0 Å². The monoisotopic (exact) mass is 288 g/mol. The molecule has 0 aliphatic rings. The molecule has 0 fully saturated rings. The molecular formula is C18H12N2O2. The van der Waals surface area contributed by atoms with Gasteiger partial charge in [0.25, 0.3) is 0 Å². The summed E-state index contributed by atoms with van der Waals surface area (Å²) in [6, 6.07) is 16.4. The molecule has 0 saturated carbocycles. The van der Waals surface area contributed by atoms with Gasteiger partial charge in [0.15, 0.2) is 24.3 Å². The van der Waals surface area contributed by atoms with Crippen LogP contribution in [0.3, 0.4) is 0 Å². The minimum absolute atomic E-state index is 0.771. The summed E-state index contributed by atoms with van der Waals surface area (Å²) in [4.78, 5) is 7.87. The first-order chi connectivity index (χ1) is 10.9. The molecule has 2 aromatic carbocycles. The van der Waals surface area contributed by atoms with E-state index in [-0.39, 0.29) is 0 Å². The van der Waals surface area contributed by atoms with E-state index in [1.807, 2.05) is 24.3 Å². The topological polar surface area (TPSA) is 52.1 Å². The van der Waals surface area contributed by atoms with Gasteiger partial charge in [-0.2, -0.15) is 0 Å². The highest BCUT2D eigenvalue weighted by molar-refractivity contribution is 5.70. The lowest BCUT2D eigenvalue weighted by Crippen LogP contribution is -1.80. The van der Waals surface area contributed by atoms with Crippen molar-refractivity contribution in [2.45, 2.75) is 0 Å². The van der Waals surface area contributed by atoms with Gasteiger partial charge in [-0.05, 0) is 11.1 Å². The van der Waals surface area contributed by atoms with Gasteiger partial charge in [-0.3, -0.25) is 0 Å². The van der Waals surface area contributed by atoms with Crippen LogP contribution in [0.5, 0.6) is 0 Å². The van der Waals surface area contributed by atoms with Crippen molar-refractivity contribution in [2.75, 3.05) is 0 Å². The Kier molecular flexibility index (Phi) is 3.05. The number of benzene rings is 2. The maximum atomic E-state index is 5.29. The molecule has 0 unspecified atom stereocenters. The second-order valence-electron chi connectivity index (χ2n) is 4.89. The van der Waals surface area contributed by atoms with E-state index < -0.39 is 0 Å². The fourth-order valence-electron chi connectivity index (χ4n) is 2.37. The lowest BCUT2D eigenvalue weighted by Gasteiger charge is -2.04. The van der Waals surface area contributed by atoms with Gasteiger partial charge in [-0.1, -0.05) is 48.5 Å². The summed E-state index contributed by atoms with van der Waals surface area (Å²) >= 11 is 0. The van der Waals surface area contributed by atoms with Crippen LogP contribution < -0.4 is 0 Å². The molecule has 4 aromatic rings. The Morgan fingerprint density at radius 2 is 0.864 bits per heavy atom. The van der Waals surface area contributed by atoms with Gasteiger partial charge in [0.1, 0.15) is 0 Å². The maximum Gasteiger partial charge on any atom is 0.181 e. The molecule has 0 saturated heterocycles. The second kappa shape index (κ2) is 5.33. The minimum atomic E-state index is 0.771. The molecule has 4 rings (SSSR count). The van der Waals surface area contributed by atoms with Gasteiger partial charge in [-0.15, -0.1) is 0 Å². The van der Waals surface area contributed by atoms with E-state index in [4.69, 9.17) is 8.83 Å². The summed E-state index contributed by atoms with van der Waals surface area (Å²) in [6.07, 6.45) is 6.29. The number of hydrogen-bond donors (Lipinski definition) is 0. The molecule has 0 radical (unpaired) electrons. The van der Waals surface area contributed by atoms with E-state index in [1.165, 1.54) is 12.8 Å². The van der Waals surface area contributed by atoms with E-state index in [0.29, 0.717) is 0 Å². The Balaban J connectivity index is 1.62. The highest BCUT2D eigenvalue weighted by Gasteiger charge is 2.04. The van der Waals surface area contributed by atoms with Crippen LogP contribution in [0.1, 0.15) is 0 Å². The van der Waals surface area contributed by atoms with Crippen molar-refractivity contribution in [1.29, 1.82) is 0 Å². The van der Waals surface area contributed by atoms with Gasteiger partial charge in [0, 0.05) is 11.1 Å². The summed E-state index contributed by atoms with van der Waals surface area (Å²) in [6.45, 7) is 0. The lowest BCUT2D eigenvalue weighted by atomic mass is 10.0. The SMILES string of the molecule is c1ncc(-c2ccc(-c3ccc(-c4cnco4)cc3)cc2)o1. The van der Waals surface area contributed by atoms with Gasteiger partial charge in [0.2, 0.25) is 0 Å². The third kappa shape index (κ3) is 2.31. The normalized spacial score (nSPS) is 10.7. The van der Waals surface area contributed by atoms with Gasteiger partial charge < -0.3 is 8.83 Å². The zero-order valence-electron chi connectivity index (χ0n) is 11.6. The zero-order chi connectivity index (χ0) is 14.8. The minimum Gasteiger partial charge on any atom is -0.444 e. The number of hydrogen-bond acceptors (Lipinski definition) is 4. The van der Waals surface area contributed by atoms with E-state index >= 15 is 0 Å². The summed E-state index contributed by atoms with van der Waals surface area (Å²) in [5, 5.41) is 0. The van der Waals surface area contributed by atoms with E-state index in [1.54, 1.807) is 12.4 Å². The lowest BCUT2D eigenvalue weighted by molar-refractivity contribution is 0.571. The first kappa shape index (κ1) is 12.6. The molecule has 2 heterocycles. The first-order valence-corrected chi connectivity index (χ1v) is 6.88. The molecule has 22 heavy (non-hydrogen) atoms. The summed E-state index contributed by atoms with van der Waals surface area (Å²) in [7, 11) is 0. The van der Waals surface area contributed by atoms with Crippen LogP contribution in [0.4, 0.5) is 0 Å². The second-order valence-corrected chi connectivity index (χ2v) is 4.89. The molecule has 0 bridgehead atoms. The Morgan fingerprint density at radius 1 is 0.500 bits per heavy atom. The Hall–Kier alpha value is -3.14. The van der Waals surface area contributed by atoms with Crippen molar-refractivity contribution in [3.8, 4) is 33.8 Å². The number of oxazole rings is 2. The van der Waals surface area contributed by atoms with Crippen LogP contribution >= 0.6 is 0 Å². The maximum absolute atomic E-state index is 5.29. The number of rotatable bonds is 3. The smallest absolute Gasteiger partial charge is 0.181 e. The standard InChI is InChI=1S/C18H12N2O2/c1-5-15(17-9-19-11-21-17)6-2-13(1)14-3-7-16(8-4-14)18-10-20-12-22-18/h1-12H. The van der Waals surface area contributed by atoms with Crippen molar-refractivity contribution >= 4 is 0 Å². The van der Waals surface area contributed by atoms with Crippen molar-refractivity contribution in [1.82, 2.24) is 9.97 Å². The number of nitrogens with zero attached hydrogens (tertiary/aromatic N) is 2. The largest absolute Gasteiger partial charge is 0.444 e. The molecule has 106 valence electrons. The summed E-state index contributed by atoms with van der Waals surface area (Å²) in [5.74, 6) is 1.54. The third-order valence-electron chi connectivity index (χ3n) is 3.54. The molecule has 0 atom stereocenters. The van der Waals surface area contributed by atoms with E-state index in [9.17, 15) is 0 Å². The predicted octanol–water partition coefficient (Wildman–Crippen LogP) is 4.66. The molecule has 0 aliphatic heterocycles. The van der Waals surface area contributed by atoms with Gasteiger partial charge in [-0.25, -0.2) is 9.97 Å². The third-order valence-corrected chi connectivity index (χ3v) is 3.54. The molecule has 4 heteroatoms. The van der Waals surface area contributed by atoms with Crippen molar-refractivity contribution in [2.24, 2.45) is 0 Å². The van der Waals surface area contributed by atoms with Crippen LogP contribution in [0.25, 0.3) is 33.8 Å². The van der Waals surface area contributed by atoms with Crippen molar-refractivity contribution in [3.05, 3.63) is 73.7 Å². The van der Waals surface area contributed by atoms with E-state index in [0.717, 1.165) is 33.8 Å². The van der Waals surface area contributed by atoms with Gasteiger partial charge in [0.05, 0.1) is 12.4 Å². The van der Waals surface area contributed by atoms with Gasteiger partial charge >= 0.3 is 0 Å². The highest BCUT2D eigenvalue weighted by Crippen LogP contribution is 2.27. The quantitative estimate of drug-likeness (QED) is 0.550. The van der Waals surface area contributed by atoms with Crippen molar-refractivity contribution in [3.63, 3.8) is 0 Å². The molecule has 0 aliphatic carbocycles. The fraction of sp³-hybridized carbons (Fsp3) is 0. The number of aromatic nitrogens is 2. The van der Waals surface area contributed by atoms with Crippen LogP contribution in [0.2, 0.25) is 0 Å². The summed E-state index contributed by atoms with van der Waals surface area (Å²) in [5.41, 5.74) is 4.32. The molecule has 4 nitrogen and oxygen atoms in total. The summed E-state index contributed by atoms with van der Waals surface area (Å²) < 4.78 is 10.6.